The van der Waals surface area contributed by atoms with E-state index in [9.17, 15) is 4.79 Å². The molecule has 9 heteroatoms. The zero-order valence-electron chi connectivity index (χ0n) is 15.5. The van der Waals surface area contributed by atoms with Gasteiger partial charge in [0.15, 0.2) is 17.0 Å². The number of fused-ring (bicyclic) bond motifs is 1. The van der Waals surface area contributed by atoms with Crippen LogP contribution < -0.4 is 10.1 Å². The number of amides is 1. The smallest absolute Gasteiger partial charge is 0.413 e. The summed E-state index contributed by atoms with van der Waals surface area (Å²) in [5, 5.41) is 2.56. The van der Waals surface area contributed by atoms with E-state index in [0.717, 1.165) is 5.56 Å². The third kappa shape index (κ3) is 4.46. The molecule has 142 valence electrons. The number of aromatic nitrogens is 4. The maximum Gasteiger partial charge on any atom is 0.413 e. The summed E-state index contributed by atoms with van der Waals surface area (Å²) in [4.78, 5) is 24.9. The van der Waals surface area contributed by atoms with Crippen LogP contribution in [0.25, 0.3) is 11.2 Å². The predicted octanol–water partition coefficient (Wildman–Crippen LogP) is 3.88. The van der Waals surface area contributed by atoms with Crippen molar-refractivity contribution in [3.63, 3.8) is 0 Å². The fourth-order valence-corrected chi connectivity index (χ4v) is 2.67. The molecule has 1 amide bonds. The number of nitrogens with one attached hydrogen (secondary N) is 1. The SMILES string of the molecule is COc1nc2c(NC(=O)OC(C)(C)C)nc(Cl)nc2n1Cc1ccccc1. The van der Waals surface area contributed by atoms with Gasteiger partial charge in [0, 0.05) is 0 Å². The number of ether oxygens (including phenoxy) is 2. The largest absolute Gasteiger partial charge is 0.468 e. The van der Waals surface area contributed by atoms with Gasteiger partial charge in [0.25, 0.3) is 6.01 Å². The van der Waals surface area contributed by atoms with Crippen LogP contribution >= 0.6 is 11.6 Å². The molecule has 0 atom stereocenters. The molecule has 0 radical (unpaired) electrons. The van der Waals surface area contributed by atoms with Crippen molar-refractivity contribution in [2.45, 2.75) is 32.9 Å². The van der Waals surface area contributed by atoms with Crippen LogP contribution in [-0.4, -0.2) is 38.3 Å². The van der Waals surface area contributed by atoms with Gasteiger partial charge in [-0.2, -0.15) is 15.0 Å². The van der Waals surface area contributed by atoms with Crippen molar-refractivity contribution >= 4 is 34.7 Å². The molecule has 0 fully saturated rings. The minimum absolute atomic E-state index is 0.0228. The van der Waals surface area contributed by atoms with E-state index in [-0.39, 0.29) is 11.1 Å². The number of hydrogen-bond acceptors (Lipinski definition) is 6. The van der Waals surface area contributed by atoms with Crippen LogP contribution in [0.2, 0.25) is 5.28 Å². The Kier molecular flexibility index (Phi) is 5.18. The Morgan fingerprint density at radius 3 is 2.52 bits per heavy atom. The van der Waals surface area contributed by atoms with Crippen LogP contribution in [-0.2, 0) is 11.3 Å². The lowest BCUT2D eigenvalue weighted by Crippen LogP contribution is -2.27. The van der Waals surface area contributed by atoms with E-state index in [0.29, 0.717) is 23.7 Å². The number of nitrogens with zero attached hydrogens (tertiary/aromatic N) is 4. The van der Waals surface area contributed by atoms with E-state index in [2.05, 4.69) is 20.3 Å². The van der Waals surface area contributed by atoms with Crippen molar-refractivity contribution < 1.29 is 14.3 Å². The Balaban J connectivity index is 2.03. The molecule has 8 nitrogen and oxygen atoms in total. The van der Waals surface area contributed by atoms with E-state index in [1.165, 1.54) is 7.11 Å². The van der Waals surface area contributed by atoms with Gasteiger partial charge in [-0.15, -0.1) is 0 Å². The van der Waals surface area contributed by atoms with Gasteiger partial charge in [0.1, 0.15) is 5.60 Å². The number of carbonyl (C=O) groups is 1. The molecule has 0 aliphatic heterocycles. The molecule has 0 bridgehead atoms. The molecular weight excluding hydrogens is 370 g/mol. The van der Waals surface area contributed by atoms with Gasteiger partial charge >= 0.3 is 6.09 Å². The highest BCUT2D eigenvalue weighted by molar-refractivity contribution is 6.28. The molecule has 0 unspecified atom stereocenters. The minimum Gasteiger partial charge on any atom is -0.468 e. The topological polar surface area (TPSA) is 91.2 Å². The Bertz CT molecular complexity index is 967. The first kappa shape index (κ1) is 18.9. The van der Waals surface area contributed by atoms with E-state index < -0.39 is 11.7 Å². The second-order valence-corrected chi connectivity index (χ2v) is 7.15. The molecule has 27 heavy (non-hydrogen) atoms. The summed E-state index contributed by atoms with van der Waals surface area (Å²) in [6, 6.07) is 10.1. The van der Waals surface area contributed by atoms with E-state index >= 15 is 0 Å². The van der Waals surface area contributed by atoms with E-state index in [4.69, 9.17) is 21.1 Å². The Hall–Kier alpha value is -2.87. The molecule has 1 aromatic carbocycles. The molecule has 0 aliphatic rings. The second kappa shape index (κ2) is 7.40. The Morgan fingerprint density at radius 2 is 1.89 bits per heavy atom. The van der Waals surface area contributed by atoms with Crippen molar-refractivity contribution in [2.24, 2.45) is 0 Å². The van der Waals surface area contributed by atoms with Gasteiger partial charge in [0.05, 0.1) is 13.7 Å². The monoisotopic (exact) mass is 389 g/mol. The lowest BCUT2D eigenvalue weighted by molar-refractivity contribution is 0.0635. The molecule has 3 rings (SSSR count). The summed E-state index contributed by atoms with van der Waals surface area (Å²) < 4.78 is 12.4. The van der Waals surface area contributed by atoms with Crippen LogP contribution in [0, 0.1) is 0 Å². The van der Waals surface area contributed by atoms with Gasteiger partial charge in [-0.05, 0) is 37.9 Å². The normalized spacial score (nSPS) is 11.4. The standard InChI is InChI=1S/C18H20ClN5O3/c1-18(2,3)27-17(25)22-13-12-14(23-15(19)21-13)24(16(20-12)26-4)10-11-8-6-5-7-9-11/h5-9H,10H2,1-4H3,(H,21,22,23,25). The van der Waals surface area contributed by atoms with Gasteiger partial charge < -0.3 is 9.47 Å². The summed E-state index contributed by atoms with van der Waals surface area (Å²) in [5.74, 6) is 0.157. The highest BCUT2D eigenvalue weighted by Crippen LogP contribution is 2.27. The highest BCUT2D eigenvalue weighted by atomic mass is 35.5. The average molecular weight is 390 g/mol. The van der Waals surface area contributed by atoms with Gasteiger partial charge in [-0.3, -0.25) is 9.88 Å². The minimum atomic E-state index is -0.657. The van der Waals surface area contributed by atoms with Gasteiger partial charge in [-0.25, -0.2) is 4.79 Å². The van der Waals surface area contributed by atoms with Crippen molar-refractivity contribution in [1.82, 2.24) is 19.5 Å². The van der Waals surface area contributed by atoms with Crippen LogP contribution in [0.15, 0.2) is 30.3 Å². The zero-order chi connectivity index (χ0) is 19.6. The number of rotatable bonds is 4. The van der Waals surface area contributed by atoms with E-state index in [1.807, 2.05) is 30.3 Å². The Labute approximate surface area is 161 Å². The number of carbonyl (C=O) groups excluding carboxylic acids is 1. The summed E-state index contributed by atoms with van der Waals surface area (Å²) in [5.41, 5.74) is 1.19. The number of anilines is 1. The van der Waals surface area contributed by atoms with Crippen LogP contribution in [0.4, 0.5) is 10.6 Å². The number of halogens is 1. The summed E-state index contributed by atoms with van der Waals surface area (Å²) >= 11 is 6.07. The van der Waals surface area contributed by atoms with Crippen LogP contribution in [0.1, 0.15) is 26.3 Å². The number of imidazole rings is 1. The first-order chi connectivity index (χ1) is 12.8. The zero-order valence-corrected chi connectivity index (χ0v) is 16.2. The number of methoxy groups -OCH3 is 1. The second-order valence-electron chi connectivity index (χ2n) is 6.81. The molecule has 3 aromatic rings. The Morgan fingerprint density at radius 1 is 1.19 bits per heavy atom. The summed E-state index contributed by atoms with van der Waals surface area (Å²) in [7, 11) is 1.51. The molecule has 0 saturated carbocycles. The summed E-state index contributed by atoms with van der Waals surface area (Å²) in [6.45, 7) is 5.78. The third-order valence-corrected chi connectivity index (χ3v) is 3.69. The summed E-state index contributed by atoms with van der Waals surface area (Å²) in [6.07, 6.45) is -0.657. The molecule has 1 N–H and O–H groups in total. The highest BCUT2D eigenvalue weighted by Gasteiger charge is 2.22. The predicted molar refractivity (Wildman–Crippen MR) is 102 cm³/mol. The first-order valence-electron chi connectivity index (χ1n) is 8.28. The van der Waals surface area contributed by atoms with Crippen molar-refractivity contribution in [3.05, 3.63) is 41.2 Å². The average Bonchev–Trinajstić information content (AvgIpc) is 2.92. The molecule has 2 aromatic heterocycles. The maximum absolute atomic E-state index is 12.1. The first-order valence-corrected chi connectivity index (χ1v) is 8.66. The van der Waals surface area contributed by atoms with E-state index in [1.54, 1.807) is 25.3 Å². The third-order valence-electron chi connectivity index (χ3n) is 3.52. The lowest BCUT2D eigenvalue weighted by atomic mass is 10.2. The van der Waals surface area contributed by atoms with Gasteiger partial charge in [0.2, 0.25) is 5.28 Å². The van der Waals surface area contributed by atoms with Gasteiger partial charge in [-0.1, -0.05) is 30.3 Å². The van der Waals surface area contributed by atoms with Crippen LogP contribution in [0.5, 0.6) is 6.01 Å². The van der Waals surface area contributed by atoms with Crippen molar-refractivity contribution in [2.75, 3.05) is 12.4 Å². The molecule has 2 heterocycles. The number of hydrogen-bond donors (Lipinski definition) is 1. The number of benzene rings is 1. The maximum atomic E-state index is 12.1. The van der Waals surface area contributed by atoms with Crippen molar-refractivity contribution in [3.8, 4) is 6.01 Å². The molecule has 0 aliphatic carbocycles. The fraction of sp³-hybridized carbons (Fsp3) is 0.333. The molecule has 0 saturated heterocycles. The van der Waals surface area contributed by atoms with Crippen molar-refractivity contribution in [1.29, 1.82) is 0 Å². The fourth-order valence-electron chi connectivity index (χ4n) is 2.51. The quantitative estimate of drug-likeness (QED) is 0.681. The van der Waals surface area contributed by atoms with Crippen LogP contribution in [0.3, 0.4) is 0 Å². The molecular formula is C18H20ClN5O3. The molecule has 0 spiro atoms. The lowest BCUT2D eigenvalue weighted by Gasteiger charge is -2.19.